The predicted octanol–water partition coefficient (Wildman–Crippen LogP) is 2.50. The molecule has 6 nitrogen and oxygen atoms in total. The first-order valence-corrected chi connectivity index (χ1v) is 9.57. The Balaban J connectivity index is 0.000000589. The van der Waals surface area contributed by atoms with Gasteiger partial charge in [-0.05, 0) is 32.4 Å². The smallest absolute Gasteiger partial charge is 0.291 e. The van der Waals surface area contributed by atoms with Gasteiger partial charge in [-0.3, -0.25) is 4.79 Å². The van der Waals surface area contributed by atoms with Crippen molar-refractivity contribution in [2.75, 3.05) is 0 Å². The van der Waals surface area contributed by atoms with E-state index in [9.17, 15) is 4.79 Å². The normalized spacial score (nSPS) is 10.4. The number of rotatable bonds is 4. The zero-order valence-corrected chi connectivity index (χ0v) is 17.2. The van der Waals surface area contributed by atoms with Crippen molar-refractivity contribution in [3.63, 3.8) is 0 Å². The molecule has 0 aliphatic carbocycles. The second-order valence-corrected chi connectivity index (χ2v) is 7.04. The highest BCUT2D eigenvalue weighted by Crippen LogP contribution is 2.18. The maximum atomic E-state index is 13.2. The highest BCUT2D eigenvalue weighted by atomic mass is 16.4. The molecule has 0 aliphatic heterocycles. The van der Waals surface area contributed by atoms with Crippen molar-refractivity contribution in [1.29, 1.82) is 0 Å². The number of carbonyl (C=O) groups is 2. The van der Waals surface area contributed by atoms with Gasteiger partial charge in [-0.2, -0.15) is 4.57 Å². The summed E-state index contributed by atoms with van der Waals surface area (Å²) in [6.45, 7) is 5.54. The van der Waals surface area contributed by atoms with Crippen molar-refractivity contribution in [2.45, 2.75) is 27.3 Å². The zero-order chi connectivity index (χ0) is 21.7. The quantitative estimate of drug-likeness (QED) is 0.420. The molecule has 0 unspecified atom stereocenters. The number of nitrogens with zero attached hydrogens (tertiary/aromatic N) is 2. The van der Waals surface area contributed by atoms with Crippen LogP contribution in [0.4, 0.5) is 0 Å². The first-order valence-electron chi connectivity index (χ1n) is 9.57. The summed E-state index contributed by atoms with van der Waals surface area (Å²) in [5.41, 5.74) is 4.79. The Morgan fingerprint density at radius 2 is 1.67 bits per heavy atom. The maximum Gasteiger partial charge on any atom is 0.291 e. The fourth-order valence-electron chi connectivity index (χ4n) is 3.31. The summed E-state index contributed by atoms with van der Waals surface area (Å²) in [6.07, 6.45) is 1.68. The first-order chi connectivity index (χ1) is 14.4. The number of pyridine rings is 1. The molecule has 0 saturated carbocycles. The number of aryl methyl sites for hydroxylation is 2. The van der Waals surface area contributed by atoms with Crippen LogP contribution in [0.15, 0.2) is 66.9 Å². The van der Waals surface area contributed by atoms with Gasteiger partial charge in [0.05, 0.1) is 0 Å². The molecule has 2 aromatic carbocycles. The summed E-state index contributed by atoms with van der Waals surface area (Å²) >= 11 is 0. The number of hydrogen-bond donors (Lipinski definition) is 1. The number of ketones is 1. The Kier molecular flexibility index (Phi) is 6.37. The lowest BCUT2D eigenvalue weighted by atomic mass is 10.1. The van der Waals surface area contributed by atoms with Gasteiger partial charge in [-0.25, -0.2) is 4.98 Å². The molecule has 30 heavy (non-hydrogen) atoms. The van der Waals surface area contributed by atoms with Crippen LogP contribution >= 0.6 is 0 Å². The third kappa shape index (κ3) is 4.78. The topological polar surface area (TPSA) is 89.8 Å². The Bertz CT molecular complexity index is 1190. The number of fused-ring (bicyclic) bond motifs is 1. The van der Waals surface area contributed by atoms with Crippen molar-refractivity contribution < 1.29 is 19.3 Å². The van der Waals surface area contributed by atoms with E-state index in [2.05, 4.69) is 38.8 Å². The van der Waals surface area contributed by atoms with E-state index < -0.39 is 5.97 Å². The standard InChI is InChI=1S/C22H19N3O.C2H4O2/c1-15-12-20(21(26)22-23-13-16(2)24-22)25(14-17-8-4-3-5-9-17)19-11-7-6-10-18(15)19;1-2(3)4/h3-13H,14H2,1-2H3;1H3,(H,3,4). The minimum atomic E-state index is -1.08. The molecule has 0 atom stereocenters. The molecule has 0 bridgehead atoms. The van der Waals surface area contributed by atoms with Gasteiger partial charge in [0.2, 0.25) is 5.52 Å². The van der Waals surface area contributed by atoms with Crippen molar-refractivity contribution in [1.82, 2.24) is 9.97 Å². The Morgan fingerprint density at radius 1 is 1.03 bits per heavy atom. The molecule has 0 radical (unpaired) electrons. The van der Waals surface area contributed by atoms with Crippen LogP contribution in [0, 0.1) is 13.8 Å². The molecule has 152 valence electrons. The minimum Gasteiger partial charge on any atom is -0.550 e. The SMILES string of the molecule is CC(=O)[O-].Cc1cnc(C(=O)c2cc(C)c3ccccc3[n+]2Cc2ccccc2)[nH]1. The van der Waals surface area contributed by atoms with Crippen LogP contribution < -0.4 is 9.67 Å². The van der Waals surface area contributed by atoms with Gasteiger partial charge in [0, 0.05) is 40.9 Å². The third-order valence-corrected chi connectivity index (χ3v) is 4.60. The third-order valence-electron chi connectivity index (χ3n) is 4.60. The summed E-state index contributed by atoms with van der Waals surface area (Å²) < 4.78 is 2.08. The van der Waals surface area contributed by atoms with Crippen molar-refractivity contribution in [3.8, 4) is 0 Å². The van der Waals surface area contributed by atoms with Gasteiger partial charge in [0.1, 0.15) is 0 Å². The number of aromatic amines is 1. The van der Waals surface area contributed by atoms with Crippen molar-refractivity contribution in [3.05, 3.63) is 95.2 Å². The van der Waals surface area contributed by atoms with E-state index in [1.54, 1.807) is 6.20 Å². The van der Waals surface area contributed by atoms with E-state index in [1.807, 2.05) is 50.2 Å². The predicted molar refractivity (Wildman–Crippen MR) is 112 cm³/mol. The molecular weight excluding hydrogens is 378 g/mol. The molecule has 0 spiro atoms. The largest absolute Gasteiger partial charge is 0.550 e. The lowest BCUT2D eigenvalue weighted by Gasteiger charge is -2.09. The summed E-state index contributed by atoms with van der Waals surface area (Å²) in [7, 11) is 0. The summed E-state index contributed by atoms with van der Waals surface area (Å²) in [5.74, 6) is -0.804. The summed E-state index contributed by atoms with van der Waals surface area (Å²) in [4.78, 5) is 29.3. The molecule has 0 amide bonds. The van der Waals surface area contributed by atoms with Gasteiger partial charge < -0.3 is 14.9 Å². The van der Waals surface area contributed by atoms with Gasteiger partial charge in [0.25, 0.3) is 11.5 Å². The second-order valence-electron chi connectivity index (χ2n) is 7.04. The highest BCUT2D eigenvalue weighted by molar-refractivity contribution is 6.05. The minimum absolute atomic E-state index is 0.0946. The molecule has 0 saturated heterocycles. The van der Waals surface area contributed by atoms with Gasteiger partial charge in [-0.15, -0.1) is 0 Å². The lowest BCUT2D eigenvalue weighted by molar-refractivity contribution is -0.664. The van der Waals surface area contributed by atoms with Crippen molar-refractivity contribution in [2.24, 2.45) is 0 Å². The maximum absolute atomic E-state index is 13.2. The molecule has 4 aromatic rings. The average Bonchev–Trinajstić information content (AvgIpc) is 3.16. The second kappa shape index (κ2) is 9.13. The Hall–Kier alpha value is -3.80. The molecule has 1 N–H and O–H groups in total. The molecule has 6 heteroatoms. The summed E-state index contributed by atoms with van der Waals surface area (Å²) in [5, 5.41) is 10.0. The molecule has 2 heterocycles. The van der Waals surface area contributed by atoms with E-state index >= 15 is 0 Å². The van der Waals surface area contributed by atoms with Crippen LogP contribution in [0.25, 0.3) is 10.9 Å². The van der Waals surface area contributed by atoms with Crippen LogP contribution in [0.2, 0.25) is 0 Å². The molecule has 0 fully saturated rings. The molecule has 0 aliphatic rings. The van der Waals surface area contributed by atoms with Gasteiger partial charge >= 0.3 is 0 Å². The van der Waals surface area contributed by atoms with Crippen LogP contribution in [0.1, 0.15) is 40.1 Å². The molecule has 4 rings (SSSR count). The number of H-pyrrole nitrogens is 1. The van der Waals surface area contributed by atoms with Gasteiger partial charge in [0.15, 0.2) is 12.4 Å². The number of nitrogens with one attached hydrogen (secondary N) is 1. The van der Waals surface area contributed by atoms with E-state index in [1.165, 1.54) is 0 Å². The fourth-order valence-corrected chi connectivity index (χ4v) is 3.31. The first kappa shape index (κ1) is 20.9. The highest BCUT2D eigenvalue weighted by Gasteiger charge is 2.27. The van der Waals surface area contributed by atoms with Gasteiger partial charge in [-0.1, -0.05) is 42.5 Å². The number of hydrogen-bond acceptors (Lipinski definition) is 4. The summed E-state index contributed by atoms with van der Waals surface area (Å²) in [6, 6.07) is 20.3. The number of carboxylic acids is 1. The van der Waals surface area contributed by atoms with Crippen LogP contribution in [0.3, 0.4) is 0 Å². The molecular formula is C24H23N3O3. The fraction of sp³-hybridized carbons (Fsp3) is 0.167. The average molecular weight is 401 g/mol. The Labute approximate surface area is 174 Å². The van der Waals surface area contributed by atoms with E-state index in [4.69, 9.17) is 9.90 Å². The lowest BCUT2D eigenvalue weighted by Crippen LogP contribution is -2.42. The monoisotopic (exact) mass is 401 g/mol. The number of para-hydroxylation sites is 1. The number of imidazole rings is 1. The van der Waals surface area contributed by atoms with Crippen molar-refractivity contribution >= 4 is 22.7 Å². The zero-order valence-electron chi connectivity index (χ0n) is 17.2. The molecule has 2 aromatic heterocycles. The number of benzene rings is 2. The van der Waals surface area contributed by atoms with E-state index in [0.717, 1.165) is 34.6 Å². The van der Waals surface area contributed by atoms with E-state index in [-0.39, 0.29) is 5.78 Å². The Morgan fingerprint density at radius 3 is 2.30 bits per heavy atom. The number of aliphatic carboxylic acids is 1. The number of aromatic nitrogens is 3. The number of carbonyl (C=O) groups excluding carboxylic acids is 2. The van der Waals surface area contributed by atoms with Crippen LogP contribution in [-0.4, -0.2) is 21.7 Å². The van der Waals surface area contributed by atoms with Crippen LogP contribution in [-0.2, 0) is 11.3 Å². The van der Waals surface area contributed by atoms with E-state index in [0.29, 0.717) is 18.1 Å². The number of carboxylic acid groups (broad SMARTS) is 1. The van der Waals surface area contributed by atoms with Crippen LogP contribution in [0.5, 0.6) is 0 Å².